The van der Waals surface area contributed by atoms with Crippen molar-refractivity contribution >= 4 is 5.78 Å². The van der Waals surface area contributed by atoms with Crippen LogP contribution in [-0.2, 0) is 9.53 Å². The quantitative estimate of drug-likeness (QED) is 0.683. The lowest BCUT2D eigenvalue weighted by atomic mass is 9.82. The molecule has 0 amide bonds. The molecule has 0 saturated heterocycles. The lowest BCUT2D eigenvalue weighted by molar-refractivity contribution is -0.119. The summed E-state index contributed by atoms with van der Waals surface area (Å²) in [7, 11) is 0. The van der Waals surface area contributed by atoms with E-state index in [9.17, 15) is 4.79 Å². The average molecular weight is 192 g/mol. The largest absolute Gasteiger partial charge is 0.497 e. The van der Waals surface area contributed by atoms with Crippen molar-refractivity contribution in [2.45, 2.75) is 20.3 Å². The van der Waals surface area contributed by atoms with Gasteiger partial charge in [0.2, 0.25) is 0 Å². The fourth-order valence-electron chi connectivity index (χ4n) is 1.76. The Morgan fingerprint density at radius 3 is 3.00 bits per heavy atom. The third kappa shape index (κ3) is 1.49. The number of hydrogen-bond donors (Lipinski definition) is 0. The van der Waals surface area contributed by atoms with Crippen molar-refractivity contribution in [2.75, 3.05) is 6.61 Å². The Labute approximate surface area is 84.6 Å². The molecule has 0 aromatic rings. The summed E-state index contributed by atoms with van der Waals surface area (Å²) in [6.45, 7) is 5.04. The van der Waals surface area contributed by atoms with E-state index in [0.717, 1.165) is 18.8 Å². The molecule has 2 nitrogen and oxygen atoms in total. The molecule has 0 unspecified atom stereocenters. The lowest BCUT2D eigenvalue weighted by Gasteiger charge is -2.29. The number of ketones is 1. The highest BCUT2D eigenvalue weighted by Gasteiger charge is 2.40. The van der Waals surface area contributed by atoms with Crippen molar-refractivity contribution in [3.8, 4) is 0 Å². The van der Waals surface area contributed by atoms with Gasteiger partial charge in [0.25, 0.3) is 0 Å². The van der Waals surface area contributed by atoms with Gasteiger partial charge in [-0.2, -0.15) is 0 Å². The monoisotopic (exact) mass is 192 g/mol. The summed E-state index contributed by atoms with van der Waals surface area (Å²) in [5, 5.41) is 0. The summed E-state index contributed by atoms with van der Waals surface area (Å²) in [5.41, 5.74) is 0. The second-order valence-corrected chi connectivity index (χ2v) is 4.21. The van der Waals surface area contributed by atoms with Gasteiger partial charge in [0, 0.05) is 5.92 Å². The second kappa shape index (κ2) is 3.60. The van der Waals surface area contributed by atoms with Crippen LogP contribution in [0.2, 0.25) is 0 Å². The van der Waals surface area contributed by atoms with Gasteiger partial charge in [-0.3, -0.25) is 4.79 Å². The first-order chi connectivity index (χ1) is 6.72. The fraction of sp³-hybridized carbons (Fsp3) is 0.583. The van der Waals surface area contributed by atoms with Crippen LogP contribution in [0.4, 0.5) is 0 Å². The summed E-state index contributed by atoms with van der Waals surface area (Å²) in [5.74, 6) is 2.02. The molecule has 0 radical (unpaired) electrons. The zero-order chi connectivity index (χ0) is 10.1. The number of rotatable bonds is 4. The Kier molecular flexibility index (Phi) is 2.44. The molecule has 0 spiro atoms. The number of carbonyl (C=O) groups excluding carboxylic acids is 1. The molecule has 14 heavy (non-hydrogen) atoms. The van der Waals surface area contributed by atoms with Gasteiger partial charge in [0.05, 0.1) is 12.5 Å². The average Bonchev–Trinajstić information content (AvgIpc) is 2.41. The number of allylic oxidation sites excluding steroid dienone is 4. The highest BCUT2D eigenvalue weighted by Crippen LogP contribution is 2.40. The maximum atomic E-state index is 11.4. The molecule has 0 fully saturated rings. The zero-order valence-electron chi connectivity index (χ0n) is 8.69. The van der Waals surface area contributed by atoms with Crippen LogP contribution in [-0.4, -0.2) is 12.4 Å². The Morgan fingerprint density at radius 2 is 2.36 bits per heavy atom. The topological polar surface area (TPSA) is 26.3 Å². The van der Waals surface area contributed by atoms with E-state index in [-0.39, 0.29) is 11.7 Å². The van der Waals surface area contributed by atoms with Crippen molar-refractivity contribution in [2.24, 2.45) is 17.8 Å². The third-order valence-corrected chi connectivity index (χ3v) is 3.07. The maximum absolute atomic E-state index is 11.4. The zero-order valence-corrected chi connectivity index (χ0v) is 8.69. The van der Waals surface area contributed by atoms with E-state index in [0.29, 0.717) is 11.8 Å². The Balaban J connectivity index is 1.85. The van der Waals surface area contributed by atoms with Gasteiger partial charge in [-0.25, -0.2) is 0 Å². The van der Waals surface area contributed by atoms with Crippen molar-refractivity contribution in [1.82, 2.24) is 0 Å². The van der Waals surface area contributed by atoms with Crippen molar-refractivity contribution in [3.63, 3.8) is 0 Å². The van der Waals surface area contributed by atoms with Crippen LogP contribution in [0.5, 0.6) is 0 Å². The van der Waals surface area contributed by atoms with Gasteiger partial charge in [0.1, 0.15) is 5.76 Å². The van der Waals surface area contributed by atoms with Crippen LogP contribution in [0.25, 0.3) is 0 Å². The molecule has 2 rings (SSSR count). The first kappa shape index (κ1) is 9.50. The predicted molar refractivity (Wildman–Crippen MR) is 54.6 cm³/mol. The van der Waals surface area contributed by atoms with Crippen LogP contribution >= 0.6 is 0 Å². The summed E-state index contributed by atoms with van der Waals surface area (Å²) in [4.78, 5) is 11.4. The van der Waals surface area contributed by atoms with Gasteiger partial charge in [-0.1, -0.05) is 26.3 Å². The van der Waals surface area contributed by atoms with E-state index >= 15 is 0 Å². The van der Waals surface area contributed by atoms with Crippen molar-refractivity contribution < 1.29 is 9.53 Å². The first-order valence-corrected chi connectivity index (χ1v) is 5.29. The highest BCUT2D eigenvalue weighted by molar-refractivity contribution is 5.98. The normalized spacial score (nSPS) is 30.7. The molecule has 2 aliphatic rings. The molecule has 0 saturated carbocycles. The predicted octanol–water partition coefficient (Wildman–Crippen LogP) is 2.32. The standard InChI is InChI=1S/C12H16O2/c1-3-8(2)7-14-11-6-9-4-5-10(13)12(9)11/h4-6,8-9,12H,3,7H2,1-2H3/t8-,9+,12-/m0/s1. The fourth-order valence-corrected chi connectivity index (χ4v) is 1.76. The van der Waals surface area contributed by atoms with Gasteiger partial charge in [-0.15, -0.1) is 0 Å². The molecule has 0 aliphatic heterocycles. The molecule has 0 heterocycles. The number of ether oxygens (including phenoxy) is 1. The molecular weight excluding hydrogens is 176 g/mol. The van der Waals surface area contributed by atoms with Crippen LogP contribution in [0.1, 0.15) is 20.3 Å². The van der Waals surface area contributed by atoms with Crippen LogP contribution in [0, 0.1) is 17.8 Å². The number of hydrogen-bond acceptors (Lipinski definition) is 2. The van der Waals surface area contributed by atoms with Gasteiger partial charge >= 0.3 is 0 Å². The molecule has 76 valence electrons. The number of carbonyl (C=O) groups is 1. The second-order valence-electron chi connectivity index (χ2n) is 4.21. The lowest BCUT2D eigenvalue weighted by Crippen LogP contribution is -2.28. The Morgan fingerprint density at radius 1 is 1.57 bits per heavy atom. The molecule has 2 aliphatic carbocycles. The highest BCUT2D eigenvalue weighted by atomic mass is 16.5. The minimum absolute atomic E-state index is 0.0269. The minimum atomic E-state index is 0.0269. The maximum Gasteiger partial charge on any atom is 0.166 e. The molecule has 0 aromatic carbocycles. The van der Waals surface area contributed by atoms with E-state index < -0.39 is 0 Å². The third-order valence-electron chi connectivity index (χ3n) is 3.07. The molecular formula is C12H16O2. The Bertz CT molecular complexity index is 301. The summed E-state index contributed by atoms with van der Waals surface area (Å²) in [6.07, 6.45) is 6.80. The Hall–Kier alpha value is -1.05. The summed E-state index contributed by atoms with van der Waals surface area (Å²) in [6, 6.07) is 0. The van der Waals surface area contributed by atoms with Crippen LogP contribution < -0.4 is 0 Å². The SMILES string of the molecule is CC[C@H](C)COC1=C[C@H]2C=CC(=O)[C@@H]12. The van der Waals surface area contributed by atoms with E-state index in [1.807, 2.05) is 6.08 Å². The van der Waals surface area contributed by atoms with E-state index in [4.69, 9.17) is 4.74 Å². The van der Waals surface area contributed by atoms with Gasteiger partial charge in [0.15, 0.2) is 5.78 Å². The van der Waals surface area contributed by atoms with E-state index in [2.05, 4.69) is 19.9 Å². The summed E-state index contributed by atoms with van der Waals surface area (Å²) >= 11 is 0. The molecule has 0 bridgehead atoms. The van der Waals surface area contributed by atoms with E-state index in [1.165, 1.54) is 0 Å². The van der Waals surface area contributed by atoms with E-state index in [1.54, 1.807) is 6.08 Å². The van der Waals surface area contributed by atoms with Crippen molar-refractivity contribution in [3.05, 3.63) is 24.0 Å². The van der Waals surface area contributed by atoms with Gasteiger partial charge < -0.3 is 4.74 Å². The smallest absolute Gasteiger partial charge is 0.166 e. The molecule has 2 heteroatoms. The first-order valence-electron chi connectivity index (χ1n) is 5.29. The molecule has 3 atom stereocenters. The van der Waals surface area contributed by atoms with Gasteiger partial charge in [-0.05, 0) is 18.1 Å². The van der Waals surface area contributed by atoms with Crippen molar-refractivity contribution in [1.29, 1.82) is 0 Å². The van der Waals surface area contributed by atoms with Crippen LogP contribution in [0.3, 0.4) is 0 Å². The van der Waals surface area contributed by atoms with Crippen LogP contribution in [0.15, 0.2) is 24.0 Å². The molecule has 0 N–H and O–H groups in total. The summed E-state index contributed by atoms with van der Waals surface area (Å²) < 4.78 is 5.62. The minimum Gasteiger partial charge on any atom is -0.497 e. The molecule has 0 aromatic heterocycles. The number of fused-ring (bicyclic) bond motifs is 1.